The molecule has 24 heavy (non-hydrogen) atoms. The summed E-state index contributed by atoms with van der Waals surface area (Å²) >= 11 is 11.4. The van der Waals surface area contributed by atoms with E-state index in [0.717, 1.165) is 6.07 Å². The van der Waals surface area contributed by atoms with Gasteiger partial charge in [-0.1, -0.05) is 23.2 Å². The minimum atomic E-state index is -4.12. The van der Waals surface area contributed by atoms with Crippen molar-refractivity contribution in [3.8, 4) is 5.75 Å². The fraction of sp³-hybridized carbons (Fsp3) is 0.0833. The van der Waals surface area contributed by atoms with Gasteiger partial charge in [0.1, 0.15) is 20.7 Å². The van der Waals surface area contributed by atoms with Gasteiger partial charge in [-0.3, -0.25) is 4.72 Å². The molecule has 0 radical (unpaired) electrons. The molecular formula is C12H11Cl2N3O5S2. The number of ether oxygens (including phenoxy) is 1. The van der Waals surface area contributed by atoms with Gasteiger partial charge in [-0.05, 0) is 30.3 Å². The number of benzene rings is 1. The van der Waals surface area contributed by atoms with E-state index in [0.29, 0.717) is 0 Å². The number of pyridine rings is 1. The zero-order valence-corrected chi connectivity index (χ0v) is 15.2. The number of nitrogens with zero attached hydrogens (tertiary/aromatic N) is 1. The summed E-state index contributed by atoms with van der Waals surface area (Å²) in [4.78, 5) is 2.95. The minimum absolute atomic E-state index is 0.0216. The molecular weight excluding hydrogens is 401 g/mol. The molecule has 0 aliphatic rings. The van der Waals surface area contributed by atoms with E-state index in [9.17, 15) is 16.8 Å². The zero-order chi connectivity index (χ0) is 18.1. The summed E-state index contributed by atoms with van der Waals surface area (Å²) in [6.45, 7) is 0. The van der Waals surface area contributed by atoms with Crippen LogP contribution in [0.4, 0.5) is 5.69 Å². The molecule has 1 aromatic heterocycles. The standard InChI is InChI=1S/C12H11Cl2N3O5S2/c1-22-8-3-2-7(6-10(8)23(15,18)19)17-24(20,21)9-4-5-11(13)16-12(9)14/h2-6,17H,1H3,(H2,15,18,19). The molecule has 0 fully saturated rings. The Morgan fingerprint density at radius 3 is 2.29 bits per heavy atom. The van der Waals surface area contributed by atoms with Gasteiger partial charge in [0.2, 0.25) is 10.0 Å². The van der Waals surface area contributed by atoms with Crippen LogP contribution in [0.15, 0.2) is 40.1 Å². The average Bonchev–Trinajstić information content (AvgIpc) is 2.45. The van der Waals surface area contributed by atoms with Crippen molar-refractivity contribution in [1.82, 2.24) is 4.98 Å². The second-order valence-corrected chi connectivity index (χ2v) is 8.36. The topological polar surface area (TPSA) is 128 Å². The quantitative estimate of drug-likeness (QED) is 0.722. The Kier molecular flexibility index (Phi) is 5.25. The summed E-state index contributed by atoms with van der Waals surface area (Å²) in [5.41, 5.74) is -0.0501. The van der Waals surface area contributed by atoms with E-state index in [1.165, 1.54) is 31.4 Å². The van der Waals surface area contributed by atoms with Crippen LogP contribution < -0.4 is 14.6 Å². The summed E-state index contributed by atoms with van der Waals surface area (Å²) in [5, 5.41) is 4.79. The number of sulfonamides is 2. The molecule has 12 heteroatoms. The maximum Gasteiger partial charge on any atom is 0.264 e. The number of halogens is 2. The van der Waals surface area contributed by atoms with Crippen molar-refractivity contribution in [2.24, 2.45) is 5.14 Å². The lowest BCUT2D eigenvalue weighted by molar-refractivity contribution is 0.403. The Morgan fingerprint density at radius 2 is 1.75 bits per heavy atom. The molecule has 0 aliphatic heterocycles. The molecule has 0 saturated heterocycles. The van der Waals surface area contributed by atoms with E-state index < -0.39 is 20.0 Å². The summed E-state index contributed by atoms with van der Waals surface area (Å²) in [7, 11) is -6.98. The highest BCUT2D eigenvalue weighted by Crippen LogP contribution is 2.28. The van der Waals surface area contributed by atoms with E-state index in [1.807, 2.05) is 0 Å². The number of hydrogen-bond donors (Lipinski definition) is 2. The lowest BCUT2D eigenvalue weighted by atomic mass is 10.3. The van der Waals surface area contributed by atoms with Crippen LogP contribution in [0.1, 0.15) is 0 Å². The Hall–Kier alpha value is -1.59. The third kappa shape index (κ3) is 4.08. The van der Waals surface area contributed by atoms with E-state index in [2.05, 4.69) is 9.71 Å². The highest BCUT2D eigenvalue weighted by Gasteiger charge is 2.21. The smallest absolute Gasteiger partial charge is 0.264 e. The number of methoxy groups -OCH3 is 1. The van der Waals surface area contributed by atoms with Gasteiger partial charge in [-0.2, -0.15) is 0 Å². The van der Waals surface area contributed by atoms with Crippen molar-refractivity contribution in [3.05, 3.63) is 40.6 Å². The monoisotopic (exact) mass is 411 g/mol. The Bertz CT molecular complexity index is 994. The van der Waals surface area contributed by atoms with Crippen molar-refractivity contribution in [3.63, 3.8) is 0 Å². The molecule has 0 amide bonds. The molecule has 0 saturated carbocycles. The van der Waals surface area contributed by atoms with E-state index in [4.69, 9.17) is 33.1 Å². The van der Waals surface area contributed by atoms with Gasteiger partial charge in [0.15, 0.2) is 5.15 Å². The average molecular weight is 412 g/mol. The zero-order valence-electron chi connectivity index (χ0n) is 12.0. The van der Waals surface area contributed by atoms with Crippen molar-refractivity contribution in [2.75, 3.05) is 11.8 Å². The maximum atomic E-state index is 12.4. The van der Waals surface area contributed by atoms with Crippen molar-refractivity contribution >= 4 is 48.9 Å². The Balaban J connectivity index is 2.47. The number of hydrogen-bond acceptors (Lipinski definition) is 6. The molecule has 8 nitrogen and oxygen atoms in total. The van der Waals surface area contributed by atoms with E-state index >= 15 is 0 Å². The van der Waals surface area contributed by atoms with Gasteiger partial charge in [-0.15, -0.1) is 0 Å². The van der Waals surface area contributed by atoms with Crippen LogP contribution in [0.3, 0.4) is 0 Å². The highest BCUT2D eigenvalue weighted by molar-refractivity contribution is 7.92. The van der Waals surface area contributed by atoms with Crippen LogP contribution in [0.25, 0.3) is 0 Å². The predicted octanol–water partition coefficient (Wildman–Crippen LogP) is 1.85. The van der Waals surface area contributed by atoms with Crippen LogP contribution in [0.2, 0.25) is 10.3 Å². The van der Waals surface area contributed by atoms with Gasteiger partial charge < -0.3 is 4.74 Å². The molecule has 0 atom stereocenters. The highest BCUT2D eigenvalue weighted by atomic mass is 35.5. The molecule has 130 valence electrons. The number of primary sulfonamides is 1. The lowest BCUT2D eigenvalue weighted by Gasteiger charge is -2.12. The van der Waals surface area contributed by atoms with E-state index in [1.54, 1.807) is 0 Å². The third-order valence-electron chi connectivity index (χ3n) is 2.79. The normalized spacial score (nSPS) is 12.0. The predicted molar refractivity (Wildman–Crippen MR) is 89.4 cm³/mol. The first-order valence-electron chi connectivity index (χ1n) is 6.10. The fourth-order valence-electron chi connectivity index (χ4n) is 1.77. The first-order chi connectivity index (χ1) is 11.0. The first-order valence-corrected chi connectivity index (χ1v) is 9.89. The summed E-state index contributed by atoms with van der Waals surface area (Å²) in [6.07, 6.45) is 0. The second-order valence-electron chi connectivity index (χ2n) is 4.44. The molecule has 3 N–H and O–H groups in total. The summed E-state index contributed by atoms with van der Waals surface area (Å²) in [5.74, 6) is -0.0216. The van der Waals surface area contributed by atoms with Gasteiger partial charge in [0, 0.05) is 0 Å². The Labute approximate surface area is 148 Å². The van der Waals surface area contributed by atoms with E-state index in [-0.39, 0.29) is 31.5 Å². The molecule has 2 rings (SSSR count). The van der Waals surface area contributed by atoms with Crippen molar-refractivity contribution in [2.45, 2.75) is 9.79 Å². The number of anilines is 1. The van der Waals surface area contributed by atoms with Crippen molar-refractivity contribution < 1.29 is 21.6 Å². The van der Waals surface area contributed by atoms with Crippen LogP contribution >= 0.6 is 23.2 Å². The number of aromatic nitrogens is 1. The second kappa shape index (κ2) is 6.73. The van der Waals surface area contributed by atoms with Gasteiger partial charge in [-0.25, -0.2) is 27.0 Å². The Morgan fingerprint density at radius 1 is 1.08 bits per heavy atom. The fourth-order valence-corrected chi connectivity index (χ4v) is 4.21. The molecule has 0 unspecified atom stereocenters. The number of rotatable bonds is 5. The number of nitrogens with two attached hydrogens (primary N) is 1. The van der Waals surface area contributed by atoms with Crippen LogP contribution in [-0.4, -0.2) is 28.9 Å². The van der Waals surface area contributed by atoms with Crippen LogP contribution in [0, 0.1) is 0 Å². The molecule has 1 heterocycles. The maximum absolute atomic E-state index is 12.4. The largest absolute Gasteiger partial charge is 0.495 e. The molecule has 0 spiro atoms. The molecule has 0 aliphatic carbocycles. The lowest BCUT2D eigenvalue weighted by Crippen LogP contribution is -2.16. The molecule has 0 bridgehead atoms. The molecule has 1 aromatic carbocycles. The minimum Gasteiger partial charge on any atom is -0.495 e. The van der Waals surface area contributed by atoms with Crippen LogP contribution in [0.5, 0.6) is 5.75 Å². The van der Waals surface area contributed by atoms with Crippen LogP contribution in [-0.2, 0) is 20.0 Å². The number of nitrogens with one attached hydrogen (secondary N) is 1. The van der Waals surface area contributed by atoms with Gasteiger partial charge >= 0.3 is 0 Å². The molecule has 2 aromatic rings. The van der Waals surface area contributed by atoms with Gasteiger partial charge in [0.25, 0.3) is 10.0 Å². The third-order valence-corrected chi connectivity index (χ3v) is 5.75. The van der Waals surface area contributed by atoms with Crippen molar-refractivity contribution in [1.29, 1.82) is 0 Å². The first kappa shape index (κ1) is 18.7. The SMILES string of the molecule is COc1ccc(NS(=O)(=O)c2ccc(Cl)nc2Cl)cc1S(N)(=O)=O. The summed E-state index contributed by atoms with van der Waals surface area (Å²) in [6, 6.07) is 6.03. The summed E-state index contributed by atoms with van der Waals surface area (Å²) < 4.78 is 54.9. The van der Waals surface area contributed by atoms with Gasteiger partial charge in [0.05, 0.1) is 12.8 Å².